The Bertz CT molecular complexity index is 2590. The molecule has 0 amide bonds. The molecule has 2 aliphatic heterocycles. The lowest BCUT2D eigenvalue weighted by Gasteiger charge is -2.47. The summed E-state index contributed by atoms with van der Waals surface area (Å²) in [4.78, 5) is 33.2. The number of carbonyl (C=O) groups is 2. The van der Waals surface area contributed by atoms with Gasteiger partial charge in [0.05, 0.1) is 12.1 Å². The van der Waals surface area contributed by atoms with Gasteiger partial charge in [-0.3, -0.25) is 29.2 Å². The molecule has 2 heterocycles. The van der Waals surface area contributed by atoms with Gasteiger partial charge in [0.1, 0.15) is 23.1 Å². The molecule has 0 spiro atoms. The van der Waals surface area contributed by atoms with Crippen LogP contribution in [0.25, 0.3) is 0 Å². The minimum absolute atomic E-state index is 0.0409. The predicted octanol–water partition coefficient (Wildman–Crippen LogP) is 10.8. The number of phenolic OH excluding ortho intramolecular Hbond substituents is 2. The third kappa shape index (κ3) is 11.7. The molecule has 0 aliphatic carbocycles. The molecule has 6 atom stereocenters. The number of phenols is 2. The molecule has 8 nitrogen and oxygen atoms in total. The van der Waals surface area contributed by atoms with Gasteiger partial charge in [0.2, 0.25) is 0 Å². The van der Waals surface area contributed by atoms with Crippen LogP contribution in [-0.4, -0.2) is 91.7 Å². The van der Waals surface area contributed by atoms with Crippen LogP contribution in [0.2, 0.25) is 0 Å². The minimum Gasteiger partial charge on any atom is -0.508 e. The lowest BCUT2D eigenvalue weighted by molar-refractivity contribution is 0.0190. The zero-order valence-corrected chi connectivity index (χ0v) is 38.8. The van der Waals surface area contributed by atoms with E-state index in [-0.39, 0.29) is 71.0 Å². The molecule has 0 aromatic heterocycles. The number of aromatic hydroxyl groups is 2. The van der Waals surface area contributed by atoms with Crippen molar-refractivity contribution in [1.29, 1.82) is 0 Å². The molecule has 2 fully saturated rings. The number of ketones is 2. The van der Waals surface area contributed by atoms with Crippen molar-refractivity contribution in [2.75, 3.05) is 26.2 Å². The quantitative estimate of drug-likeness (QED) is 0.118. The largest absolute Gasteiger partial charge is 0.508 e. The molecule has 0 bridgehead atoms. The molecule has 0 radical (unpaired) electrons. The van der Waals surface area contributed by atoms with Gasteiger partial charge < -0.3 is 10.2 Å². The Kier molecular flexibility index (Phi) is 15.6. The predicted molar refractivity (Wildman–Crippen MR) is 258 cm³/mol. The van der Waals surface area contributed by atoms with Crippen LogP contribution < -0.4 is 0 Å². The van der Waals surface area contributed by atoms with Crippen molar-refractivity contribution in [3.05, 3.63) is 202 Å². The second-order valence-electron chi connectivity index (χ2n) is 18.2. The van der Waals surface area contributed by atoms with E-state index in [9.17, 15) is 28.6 Å². The molecule has 6 aromatic carbocycles. The Balaban J connectivity index is 0.000000196. The van der Waals surface area contributed by atoms with E-state index in [4.69, 9.17) is 0 Å². The van der Waals surface area contributed by atoms with E-state index in [1.807, 2.05) is 103 Å². The van der Waals surface area contributed by atoms with E-state index in [2.05, 4.69) is 47.3 Å². The molecule has 8 rings (SSSR count). The summed E-state index contributed by atoms with van der Waals surface area (Å²) in [6.45, 7) is 16.5. The van der Waals surface area contributed by atoms with E-state index < -0.39 is 0 Å². The molecular weight excluding hydrogens is 831 g/mol. The number of halogens is 2. The Morgan fingerprint density at radius 1 is 0.515 bits per heavy atom. The molecule has 0 saturated carbocycles. The van der Waals surface area contributed by atoms with Crippen LogP contribution >= 0.6 is 0 Å². The maximum atomic E-state index is 14.3. The summed E-state index contributed by atoms with van der Waals surface area (Å²) in [5, 5.41) is 20.3. The monoisotopic (exact) mass is 892 g/mol. The van der Waals surface area contributed by atoms with Gasteiger partial charge in [0, 0.05) is 80.1 Å². The molecule has 10 heteroatoms. The second-order valence-corrected chi connectivity index (χ2v) is 18.2. The first-order valence-corrected chi connectivity index (χ1v) is 22.9. The molecule has 2 aliphatic rings. The number of piperazine rings is 2. The summed E-state index contributed by atoms with van der Waals surface area (Å²) in [6, 6.07) is 44.9. The van der Waals surface area contributed by atoms with Gasteiger partial charge in [-0.1, -0.05) is 103 Å². The topological polar surface area (TPSA) is 87.6 Å². The number of benzene rings is 6. The zero-order valence-electron chi connectivity index (χ0n) is 38.8. The Morgan fingerprint density at radius 2 is 0.970 bits per heavy atom. The Morgan fingerprint density at radius 3 is 1.41 bits per heavy atom. The molecule has 6 aromatic rings. The molecule has 2 saturated heterocycles. The van der Waals surface area contributed by atoms with Crippen molar-refractivity contribution in [2.24, 2.45) is 0 Å². The van der Waals surface area contributed by atoms with E-state index in [1.165, 1.54) is 12.1 Å². The third-order valence-electron chi connectivity index (χ3n) is 13.2. The van der Waals surface area contributed by atoms with Crippen molar-refractivity contribution < 1.29 is 28.6 Å². The highest BCUT2D eigenvalue weighted by Gasteiger charge is 2.37. The van der Waals surface area contributed by atoms with Gasteiger partial charge >= 0.3 is 0 Å². The van der Waals surface area contributed by atoms with Gasteiger partial charge in [-0.2, -0.15) is 0 Å². The molecule has 2 N–H and O–H groups in total. The summed E-state index contributed by atoms with van der Waals surface area (Å²) < 4.78 is 27.9. The number of rotatable bonds is 12. The number of nitrogens with zero attached hydrogens (tertiary/aromatic N) is 4. The van der Waals surface area contributed by atoms with Gasteiger partial charge in [0.25, 0.3) is 0 Å². The summed E-state index contributed by atoms with van der Waals surface area (Å²) in [5.74, 6) is 0.190. The Hall–Kier alpha value is -6.04. The third-order valence-corrected chi connectivity index (χ3v) is 13.2. The number of Topliss-reactive ketones (excluding diaryl/α,β-unsaturated/α-hetero) is 2. The summed E-state index contributed by atoms with van der Waals surface area (Å²) in [7, 11) is 0. The van der Waals surface area contributed by atoms with Gasteiger partial charge in [-0.05, 0) is 112 Å². The highest BCUT2D eigenvalue weighted by Crippen LogP contribution is 2.37. The summed E-state index contributed by atoms with van der Waals surface area (Å²) in [5.41, 5.74) is 7.26. The van der Waals surface area contributed by atoms with E-state index >= 15 is 0 Å². The fraction of sp³-hybridized carbons (Fsp3) is 0.321. The smallest absolute Gasteiger partial charge is 0.159 e. The first kappa shape index (κ1) is 47.9. The van der Waals surface area contributed by atoms with Crippen LogP contribution in [0.5, 0.6) is 11.5 Å². The zero-order chi connectivity index (χ0) is 47.1. The van der Waals surface area contributed by atoms with Crippen molar-refractivity contribution in [3.63, 3.8) is 0 Å². The normalized spacial score (nSPS) is 20.5. The minimum atomic E-state index is -0.204. The molecule has 344 valence electrons. The van der Waals surface area contributed by atoms with Crippen molar-refractivity contribution >= 4 is 11.6 Å². The fourth-order valence-electron chi connectivity index (χ4n) is 9.67. The fourth-order valence-corrected chi connectivity index (χ4v) is 9.67. The second kappa shape index (κ2) is 21.5. The van der Waals surface area contributed by atoms with E-state index in [0.717, 1.165) is 54.0 Å². The van der Waals surface area contributed by atoms with Crippen molar-refractivity contribution in [1.82, 2.24) is 19.6 Å². The first-order valence-electron chi connectivity index (χ1n) is 22.9. The highest BCUT2D eigenvalue weighted by atomic mass is 19.1. The maximum absolute atomic E-state index is 14.3. The van der Waals surface area contributed by atoms with Crippen LogP contribution in [0.3, 0.4) is 0 Å². The van der Waals surface area contributed by atoms with Crippen LogP contribution in [0, 0.1) is 11.6 Å². The number of carbonyl (C=O) groups excluding carboxylic acids is 2. The molecule has 0 unspecified atom stereocenters. The van der Waals surface area contributed by atoms with Crippen LogP contribution in [0.4, 0.5) is 8.78 Å². The number of hydrogen-bond donors (Lipinski definition) is 2. The maximum Gasteiger partial charge on any atom is 0.159 e. The summed E-state index contributed by atoms with van der Waals surface area (Å²) >= 11 is 0. The average Bonchev–Trinajstić information content (AvgIpc) is 3.28. The lowest BCUT2D eigenvalue weighted by atomic mass is 9.92. The van der Waals surface area contributed by atoms with Gasteiger partial charge in [0.15, 0.2) is 11.6 Å². The van der Waals surface area contributed by atoms with Crippen LogP contribution in [0.15, 0.2) is 146 Å². The standard InChI is InChI=1S/2C28H31FN2O2/c1-19-17-31(20(2)16-30(19)18-22-6-4-8-26(29)14-22)28(25-7-5-9-27(33)15-25)24-12-10-23(11-13-24)21(3)32;1-19-17-31(20(2)16-30(19)18-25-7-4-5-10-27(25)29)28(24-8-6-9-26(33)15-24)23-13-11-22(12-14-23)21(3)32/h2*4-15,19-20,28,33H,16-18H2,1-3H3/t2*19-,20+,28-/m11/s1. The van der Waals surface area contributed by atoms with Crippen molar-refractivity contribution in [3.8, 4) is 11.5 Å². The Labute approximate surface area is 388 Å². The first-order chi connectivity index (χ1) is 31.6. The van der Waals surface area contributed by atoms with E-state index in [1.54, 1.807) is 44.2 Å². The van der Waals surface area contributed by atoms with Gasteiger partial charge in [-0.15, -0.1) is 0 Å². The molecular formula is C56H62F2N4O4. The van der Waals surface area contributed by atoms with E-state index in [0.29, 0.717) is 29.8 Å². The molecule has 66 heavy (non-hydrogen) atoms. The highest BCUT2D eigenvalue weighted by molar-refractivity contribution is 5.94. The number of hydrogen-bond acceptors (Lipinski definition) is 8. The van der Waals surface area contributed by atoms with Crippen molar-refractivity contribution in [2.45, 2.75) is 90.9 Å². The lowest BCUT2D eigenvalue weighted by Crippen LogP contribution is -2.56. The average molecular weight is 893 g/mol. The van der Waals surface area contributed by atoms with Gasteiger partial charge in [-0.25, -0.2) is 8.78 Å². The van der Waals surface area contributed by atoms with Crippen LogP contribution in [0.1, 0.15) is 108 Å². The summed E-state index contributed by atoms with van der Waals surface area (Å²) in [6.07, 6.45) is 0. The van der Waals surface area contributed by atoms with Crippen LogP contribution in [-0.2, 0) is 13.1 Å². The SMILES string of the molecule is CC(=O)c1ccc([C@H](c2cccc(O)c2)N2C[C@@H](C)N(Cc3cccc(F)c3)C[C@@H]2C)cc1.CC(=O)c1ccc([C@H](c2cccc(O)c2)N2C[C@@H](C)N(Cc3ccccc3F)C[C@@H]2C)cc1.